The van der Waals surface area contributed by atoms with E-state index in [-0.39, 0.29) is 0 Å². The molecular formula is C16H19BrN2S. The molecule has 0 saturated carbocycles. The molecule has 2 heterocycles. The number of benzene rings is 1. The van der Waals surface area contributed by atoms with Gasteiger partial charge >= 0.3 is 0 Å². The summed E-state index contributed by atoms with van der Waals surface area (Å²) in [6, 6.07) is 13.1. The average Bonchev–Trinajstić information content (AvgIpc) is 3.05. The van der Waals surface area contributed by atoms with Crippen molar-refractivity contribution < 1.29 is 0 Å². The van der Waals surface area contributed by atoms with Crippen LogP contribution in [0.5, 0.6) is 0 Å². The number of rotatable bonds is 6. The maximum absolute atomic E-state index is 3.53. The minimum absolute atomic E-state index is 0.979. The molecular weight excluding hydrogens is 332 g/mol. The third-order valence-corrected chi connectivity index (χ3v) is 5.32. The number of nitrogens with one attached hydrogen (secondary N) is 1. The van der Waals surface area contributed by atoms with Crippen molar-refractivity contribution in [3.63, 3.8) is 0 Å². The molecule has 0 aliphatic carbocycles. The monoisotopic (exact) mass is 350 g/mol. The summed E-state index contributed by atoms with van der Waals surface area (Å²) in [6.07, 6.45) is 2.40. The SMILES string of the molecule is Brc1ccc(CNCCCN2CCc3ccccc32)s1. The zero-order valence-corrected chi connectivity index (χ0v) is 13.8. The van der Waals surface area contributed by atoms with Crippen molar-refractivity contribution in [1.82, 2.24) is 5.32 Å². The normalized spacial score (nSPS) is 13.8. The van der Waals surface area contributed by atoms with Crippen molar-refractivity contribution in [3.8, 4) is 0 Å². The molecule has 0 atom stereocenters. The van der Waals surface area contributed by atoms with Gasteiger partial charge in [-0.15, -0.1) is 11.3 Å². The van der Waals surface area contributed by atoms with Gasteiger partial charge in [0, 0.05) is 30.2 Å². The lowest BCUT2D eigenvalue weighted by molar-refractivity contribution is 0.642. The lowest BCUT2D eigenvalue weighted by Crippen LogP contribution is -2.25. The van der Waals surface area contributed by atoms with Crippen LogP contribution in [0.2, 0.25) is 0 Å². The third kappa shape index (κ3) is 3.43. The fourth-order valence-corrected chi connectivity index (χ4v) is 4.14. The smallest absolute Gasteiger partial charge is 0.0701 e. The number of nitrogens with zero attached hydrogens (tertiary/aromatic N) is 1. The van der Waals surface area contributed by atoms with Crippen molar-refractivity contribution in [3.05, 3.63) is 50.6 Å². The second-order valence-corrected chi connectivity index (χ2v) is 7.65. The summed E-state index contributed by atoms with van der Waals surface area (Å²) in [7, 11) is 0. The van der Waals surface area contributed by atoms with E-state index in [4.69, 9.17) is 0 Å². The standard InChI is InChI=1S/C16H19BrN2S/c17-16-7-6-14(20-16)12-18-9-3-10-19-11-8-13-4-1-2-5-15(13)19/h1-2,4-7,18H,3,8-12H2. The van der Waals surface area contributed by atoms with Crippen LogP contribution in [-0.2, 0) is 13.0 Å². The largest absolute Gasteiger partial charge is 0.371 e. The van der Waals surface area contributed by atoms with Gasteiger partial charge in [0.25, 0.3) is 0 Å². The van der Waals surface area contributed by atoms with E-state index in [2.05, 4.69) is 62.5 Å². The number of para-hydroxylation sites is 1. The van der Waals surface area contributed by atoms with E-state index in [1.165, 1.54) is 39.3 Å². The Kier molecular flexibility index (Phi) is 4.76. The van der Waals surface area contributed by atoms with Crippen LogP contribution in [-0.4, -0.2) is 19.6 Å². The second kappa shape index (κ2) is 6.74. The minimum atomic E-state index is 0.979. The number of halogens is 1. The number of thiophene rings is 1. The molecule has 1 aromatic carbocycles. The van der Waals surface area contributed by atoms with E-state index >= 15 is 0 Å². The Labute approximate surface area is 132 Å². The van der Waals surface area contributed by atoms with E-state index in [9.17, 15) is 0 Å². The number of hydrogen-bond acceptors (Lipinski definition) is 3. The summed E-state index contributed by atoms with van der Waals surface area (Å²) in [4.78, 5) is 3.90. The quantitative estimate of drug-likeness (QED) is 0.790. The van der Waals surface area contributed by atoms with Gasteiger partial charge in [-0.1, -0.05) is 18.2 Å². The Morgan fingerprint density at radius 3 is 2.95 bits per heavy atom. The molecule has 3 rings (SSSR count). The average molecular weight is 351 g/mol. The highest BCUT2D eigenvalue weighted by atomic mass is 79.9. The zero-order valence-electron chi connectivity index (χ0n) is 11.4. The van der Waals surface area contributed by atoms with Crippen molar-refractivity contribution >= 4 is 33.0 Å². The molecule has 20 heavy (non-hydrogen) atoms. The molecule has 0 spiro atoms. The van der Waals surface area contributed by atoms with Crippen LogP contribution in [0.1, 0.15) is 16.9 Å². The van der Waals surface area contributed by atoms with Crippen molar-refractivity contribution in [2.24, 2.45) is 0 Å². The molecule has 0 bridgehead atoms. The molecule has 0 amide bonds. The Bertz CT molecular complexity index is 567. The Morgan fingerprint density at radius 2 is 2.10 bits per heavy atom. The van der Waals surface area contributed by atoms with Gasteiger partial charge in [0.05, 0.1) is 3.79 Å². The molecule has 106 valence electrons. The molecule has 1 aromatic heterocycles. The molecule has 0 unspecified atom stereocenters. The molecule has 1 N–H and O–H groups in total. The lowest BCUT2D eigenvalue weighted by Gasteiger charge is -2.19. The first kappa shape index (κ1) is 14.1. The molecule has 0 saturated heterocycles. The first-order valence-corrected chi connectivity index (χ1v) is 8.72. The molecule has 1 aliphatic rings. The minimum Gasteiger partial charge on any atom is -0.371 e. The van der Waals surface area contributed by atoms with Crippen LogP contribution in [0.4, 0.5) is 5.69 Å². The van der Waals surface area contributed by atoms with Gasteiger partial charge in [0.2, 0.25) is 0 Å². The van der Waals surface area contributed by atoms with Gasteiger partial charge in [-0.2, -0.15) is 0 Å². The molecule has 2 aromatic rings. The second-order valence-electron chi connectivity index (χ2n) is 5.10. The lowest BCUT2D eigenvalue weighted by atomic mass is 10.2. The van der Waals surface area contributed by atoms with Crippen LogP contribution >= 0.6 is 27.3 Å². The summed E-state index contributed by atoms with van der Waals surface area (Å²) in [5.74, 6) is 0. The molecule has 2 nitrogen and oxygen atoms in total. The van der Waals surface area contributed by atoms with E-state index in [1.807, 2.05) is 0 Å². The maximum Gasteiger partial charge on any atom is 0.0701 e. The van der Waals surface area contributed by atoms with E-state index in [1.54, 1.807) is 11.3 Å². The van der Waals surface area contributed by atoms with E-state index in [0.717, 1.165) is 19.6 Å². The first-order chi connectivity index (χ1) is 9.83. The Hall–Kier alpha value is -0.840. The fraction of sp³-hybridized carbons (Fsp3) is 0.375. The molecule has 1 aliphatic heterocycles. The maximum atomic E-state index is 3.53. The van der Waals surface area contributed by atoms with Crippen LogP contribution in [0.15, 0.2) is 40.2 Å². The summed E-state index contributed by atoms with van der Waals surface area (Å²) in [5.41, 5.74) is 2.94. The van der Waals surface area contributed by atoms with Crippen molar-refractivity contribution in [1.29, 1.82) is 0 Å². The topological polar surface area (TPSA) is 15.3 Å². The van der Waals surface area contributed by atoms with Crippen LogP contribution in [0.3, 0.4) is 0 Å². The molecule has 0 fully saturated rings. The van der Waals surface area contributed by atoms with Gasteiger partial charge in [0.15, 0.2) is 0 Å². The van der Waals surface area contributed by atoms with Crippen LogP contribution in [0, 0.1) is 0 Å². The highest BCUT2D eigenvalue weighted by Crippen LogP contribution is 2.27. The Morgan fingerprint density at radius 1 is 1.20 bits per heavy atom. The zero-order chi connectivity index (χ0) is 13.8. The van der Waals surface area contributed by atoms with E-state index in [0.29, 0.717) is 0 Å². The third-order valence-electron chi connectivity index (χ3n) is 3.69. The van der Waals surface area contributed by atoms with Gasteiger partial charge < -0.3 is 10.2 Å². The highest BCUT2D eigenvalue weighted by molar-refractivity contribution is 9.11. The van der Waals surface area contributed by atoms with E-state index < -0.39 is 0 Å². The fourth-order valence-electron chi connectivity index (χ4n) is 2.69. The first-order valence-electron chi connectivity index (χ1n) is 7.11. The highest BCUT2D eigenvalue weighted by Gasteiger charge is 2.17. The van der Waals surface area contributed by atoms with Gasteiger partial charge in [-0.25, -0.2) is 0 Å². The van der Waals surface area contributed by atoms with Gasteiger partial charge in [-0.3, -0.25) is 0 Å². The van der Waals surface area contributed by atoms with Crippen LogP contribution in [0.25, 0.3) is 0 Å². The predicted molar refractivity (Wildman–Crippen MR) is 90.7 cm³/mol. The predicted octanol–water partition coefficient (Wildman–Crippen LogP) is 4.05. The summed E-state index contributed by atoms with van der Waals surface area (Å²) >= 11 is 5.30. The number of hydrogen-bond donors (Lipinski definition) is 1. The number of anilines is 1. The van der Waals surface area contributed by atoms with Gasteiger partial charge in [0.1, 0.15) is 0 Å². The van der Waals surface area contributed by atoms with Crippen molar-refractivity contribution in [2.45, 2.75) is 19.4 Å². The van der Waals surface area contributed by atoms with Gasteiger partial charge in [-0.05, 0) is 59.1 Å². The molecule has 4 heteroatoms. The summed E-state index contributed by atoms with van der Waals surface area (Å²) in [5, 5.41) is 3.53. The summed E-state index contributed by atoms with van der Waals surface area (Å²) in [6.45, 7) is 4.39. The summed E-state index contributed by atoms with van der Waals surface area (Å²) < 4.78 is 1.21. The van der Waals surface area contributed by atoms with Crippen molar-refractivity contribution in [2.75, 3.05) is 24.5 Å². The van der Waals surface area contributed by atoms with Crippen LogP contribution < -0.4 is 10.2 Å². The number of fused-ring (bicyclic) bond motifs is 1. The molecule has 0 radical (unpaired) electrons. The Balaban J connectivity index is 1.39.